The molecule has 1 atom stereocenters. The minimum Gasteiger partial charge on any atom is -0.352 e. The molecule has 4 nitrogen and oxygen atoms in total. The lowest BCUT2D eigenvalue weighted by Crippen LogP contribution is -2.52. The molecule has 1 saturated carbocycles. The molecule has 1 N–H and O–H groups in total. The zero-order valence-electron chi connectivity index (χ0n) is 19.1. The van der Waals surface area contributed by atoms with Crippen molar-refractivity contribution in [3.05, 3.63) is 69.7 Å². The fourth-order valence-electron chi connectivity index (χ4n) is 4.23. The Hall–Kier alpha value is -1.69. The van der Waals surface area contributed by atoms with Crippen molar-refractivity contribution in [3.8, 4) is 0 Å². The van der Waals surface area contributed by atoms with Crippen molar-refractivity contribution >= 4 is 46.8 Å². The summed E-state index contributed by atoms with van der Waals surface area (Å²) in [5.41, 5.74) is 2.10. The van der Waals surface area contributed by atoms with Crippen LogP contribution in [0.3, 0.4) is 0 Å². The maximum Gasteiger partial charge on any atom is 0.243 e. The van der Waals surface area contributed by atoms with Crippen molar-refractivity contribution in [2.75, 3.05) is 12.3 Å². The third-order valence-corrected chi connectivity index (χ3v) is 7.62. The number of thioether (sulfide) groups is 1. The van der Waals surface area contributed by atoms with Gasteiger partial charge in [0.05, 0.1) is 5.75 Å². The SMILES string of the molecule is CC[C@@H](C(=O)NC1CCCC1)N(CCc1ccccc1)C(=O)CSCc1ccc(Cl)cc1Cl. The van der Waals surface area contributed by atoms with E-state index in [2.05, 4.69) is 17.4 Å². The second-order valence-corrected chi connectivity index (χ2v) is 10.3. The molecule has 0 aliphatic heterocycles. The first-order chi connectivity index (χ1) is 16.0. The number of carbonyl (C=O) groups is 2. The van der Waals surface area contributed by atoms with Crippen molar-refractivity contribution in [2.45, 2.75) is 63.3 Å². The van der Waals surface area contributed by atoms with Gasteiger partial charge in [0.15, 0.2) is 0 Å². The van der Waals surface area contributed by atoms with Crippen LogP contribution < -0.4 is 5.32 Å². The summed E-state index contributed by atoms with van der Waals surface area (Å²) >= 11 is 13.8. The van der Waals surface area contributed by atoms with E-state index in [1.165, 1.54) is 11.8 Å². The van der Waals surface area contributed by atoms with Gasteiger partial charge in [-0.2, -0.15) is 0 Å². The zero-order valence-corrected chi connectivity index (χ0v) is 21.4. The maximum absolute atomic E-state index is 13.3. The highest BCUT2D eigenvalue weighted by Gasteiger charge is 2.30. The molecule has 1 aliphatic carbocycles. The van der Waals surface area contributed by atoms with Gasteiger partial charge in [-0.15, -0.1) is 11.8 Å². The van der Waals surface area contributed by atoms with Crippen LogP contribution in [0, 0.1) is 0 Å². The van der Waals surface area contributed by atoms with Gasteiger partial charge in [-0.05, 0) is 48.9 Å². The highest BCUT2D eigenvalue weighted by Crippen LogP contribution is 2.25. The number of nitrogens with zero attached hydrogens (tertiary/aromatic N) is 1. The first-order valence-corrected chi connectivity index (χ1v) is 13.5. The topological polar surface area (TPSA) is 49.4 Å². The Kier molecular flexibility index (Phi) is 10.4. The minimum atomic E-state index is -0.457. The lowest BCUT2D eigenvalue weighted by Gasteiger charge is -2.31. The summed E-state index contributed by atoms with van der Waals surface area (Å²) < 4.78 is 0. The van der Waals surface area contributed by atoms with Crippen LogP contribution in [-0.2, 0) is 21.8 Å². The number of hydrogen-bond acceptors (Lipinski definition) is 3. The van der Waals surface area contributed by atoms with Crippen molar-refractivity contribution in [1.82, 2.24) is 10.2 Å². The second-order valence-electron chi connectivity index (χ2n) is 8.47. The van der Waals surface area contributed by atoms with Crippen molar-refractivity contribution in [3.63, 3.8) is 0 Å². The normalized spacial score (nSPS) is 14.8. The third-order valence-electron chi connectivity index (χ3n) is 6.07. The van der Waals surface area contributed by atoms with Gasteiger partial charge in [-0.25, -0.2) is 0 Å². The Morgan fingerprint density at radius 1 is 1.12 bits per heavy atom. The summed E-state index contributed by atoms with van der Waals surface area (Å²) in [6.45, 7) is 2.49. The summed E-state index contributed by atoms with van der Waals surface area (Å²) in [6, 6.07) is 15.3. The summed E-state index contributed by atoms with van der Waals surface area (Å²) in [4.78, 5) is 28.2. The first-order valence-electron chi connectivity index (χ1n) is 11.6. The molecule has 0 spiro atoms. The van der Waals surface area contributed by atoms with Gasteiger partial charge >= 0.3 is 0 Å². The van der Waals surface area contributed by atoms with E-state index in [0.29, 0.717) is 40.9 Å². The molecular formula is C26H32Cl2N2O2S. The largest absolute Gasteiger partial charge is 0.352 e. The standard InChI is InChI=1S/C26H32Cl2N2O2S/c1-2-24(26(32)29-22-10-6-7-11-22)30(15-14-19-8-4-3-5-9-19)25(31)18-33-17-20-12-13-21(27)16-23(20)28/h3-5,8-9,12-13,16,22,24H,2,6-7,10-11,14-15,17-18H2,1H3,(H,29,32)/t24-/m0/s1. The predicted molar refractivity (Wildman–Crippen MR) is 139 cm³/mol. The molecule has 0 saturated heterocycles. The lowest BCUT2D eigenvalue weighted by molar-refractivity contribution is -0.139. The van der Waals surface area contributed by atoms with Crippen molar-refractivity contribution < 1.29 is 9.59 Å². The van der Waals surface area contributed by atoms with Gasteiger partial charge < -0.3 is 10.2 Å². The molecule has 2 aromatic carbocycles. The van der Waals surface area contributed by atoms with Crippen molar-refractivity contribution in [2.24, 2.45) is 0 Å². The molecule has 2 aromatic rings. The van der Waals surface area contributed by atoms with Gasteiger partial charge in [0, 0.05) is 28.4 Å². The number of nitrogens with one attached hydrogen (secondary N) is 1. The molecule has 33 heavy (non-hydrogen) atoms. The highest BCUT2D eigenvalue weighted by molar-refractivity contribution is 7.99. The van der Waals surface area contributed by atoms with E-state index in [1.54, 1.807) is 17.0 Å². The van der Waals surface area contributed by atoms with E-state index in [0.717, 1.165) is 36.8 Å². The van der Waals surface area contributed by atoms with Crippen LogP contribution in [0.25, 0.3) is 0 Å². The fraction of sp³-hybridized carbons (Fsp3) is 0.462. The quantitative estimate of drug-likeness (QED) is 0.398. The minimum absolute atomic E-state index is 0.0190. The Morgan fingerprint density at radius 2 is 1.85 bits per heavy atom. The Labute approximate surface area is 211 Å². The number of rotatable bonds is 11. The van der Waals surface area contributed by atoms with Gasteiger partial charge in [-0.3, -0.25) is 9.59 Å². The molecule has 1 aliphatic rings. The fourth-order valence-corrected chi connectivity index (χ4v) is 5.70. The smallest absolute Gasteiger partial charge is 0.243 e. The summed E-state index contributed by atoms with van der Waals surface area (Å²) in [6.07, 6.45) is 5.67. The second kappa shape index (κ2) is 13.3. The van der Waals surface area contributed by atoms with Crippen LogP contribution in [0.15, 0.2) is 48.5 Å². The monoisotopic (exact) mass is 506 g/mol. The van der Waals surface area contributed by atoms with Crippen LogP contribution in [0.5, 0.6) is 0 Å². The molecular weight excluding hydrogens is 475 g/mol. The molecule has 0 aromatic heterocycles. The van der Waals surface area contributed by atoms with Crippen LogP contribution >= 0.6 is 35.0 Å². The molecule has 3 rings (SSSR count). The van der Waals surface area contributed by atoms with Crippen LogP contribution in [0.1, 0.15) is 50.2 Å². The summed E-state index contributed by atoms with van der Waals surface area (Å²) in [7, 11) is 0. The van der Waals surface area contributed by atoms with E-state index in [1.807, 2.05) is 31.2 Å². The highest BCUT2D eigenvalue weighted by atomic mass is 35.5. The number of halogens is 2. The molecule has 7 heteroatoms. The third kappa shape index (κ3) is 7.94. The molecule has 0 unspecified atom stereocenters. The molecule has 2 amide bonds. The predicted octanol–water partition coefficient (Wildman–Crippen LogP) is 6.14. The van der Waals surface area contributed by atoms with E-state index in [-0.39, 0.29) is 17.9 Å². The molecule has 178 valence electrons. The number of hydrogen-bond donors (Lipinski definition) is 1. The van der Waals surface area contributed by atoms with Gasteiger partial charge in [0.2, 0.25) is 11.8 Å². The lowest BCUT2D eigenvalue weighted by atomic mass is 10.1. The van der Waals surface area contributed by atoms with Gasteiger partial charge in [0.1, 0.15) is 6.04 Å². The summed E-state index contributed by atoms with van der Waals surface area (Å²) in [5.74, 6) is 0.853. The molecule has 0 heterocycles. The average Bonchev–Trinajstić information content (AvgIpc) is 3.31. The zero-order chi connectivity index (χ0) is 23.6. The van der Waals surface area contributed by atoms with Crippen LogP contribution in [-0.4, -0.2) is 41.1 Å². The van der Waals surface area contributed by atoms with Crippen LogP contribution in [0.2, 0.25) is 10.0 Å². The molecule has 0 bridgehead atoms. The average molecular weight is 508 g/mol. The molecule has 1 fully saturated rings. The summed E-state index contributed by atoms with van der Waals surface area (Å²) in [5, 5.41) is 4.38. The van der Waals surface area contributed by atoms with Gasteiger partial charge in [-0.1, -0.05) is 79.4 Å². The Bertz CT molecular complexity index is 920. The van der Waals surface area contributed by atoms with Gasteiger partial charge in [0.25, 0.3) is 0 Å². The van der Waals surface area contributed by atoms with E-state index < -0.39 is 6.04 Å². The Balaban J connectivity index is 1.65. The van der Waals surface area contributed by atoms with E-state index >= 15 is 0 Å². The van der Waals surface area contributed by atoms with E-state index in [9.17, 15) is 9.59 Å². The van der Waals surface area contributed by atoms with Crippen molar-refractivity contribution in [1.29, 1.82) is 0 Å². The Morgan fingerprint density at radius 3 is 2.52 bits per heavy atom. The van der Waals surface area contributed by atoms with Crippen LogP contribution in [0.4, 0.5) is 0 Å². The number of benzene rings is 2. The number of amides is 2. The molecule has 0 radical (unpaired) electrons. The van der Waals surface area contributed by atoms with E-state index in [4.69, 9.17) is 23.2 Å². The first kappa shape index (κ1) is 25.9. The number of carbonyl (C=O) groups excluding carboxylic acids is 2. The maximum atomic E-state index is 13.3.